The van der Waals surface area contributed by atoms with Crippen molar-refractivity contribution in [1.29, 1.82) is 0 Å². The lowest BCUT2D eigenvalue weighted by Crippen LogP contribution is -2.11. The molecule has 0 aliphatic rings. The van der Waals surface area contributed by atoms with Gasteiger partial charge in [-0.25, -0.2) is 0 Å². The zero-order chi connectivity index (χ0) is 19.7. The van der Waals surface area contributed by atoms with E-state index in [-0.39, 0.29) is 11.7 Å². The van der Waals surface area contributed by atoms with Crippen LogP contribution in [0, 0.1) is 0 Å². The normalized spacial score (nSPS) is 10.7. The van der Waals surface area contributed by atoms with Gasteiger partial charge in [0.15, 0.2) is 5.78 Å². The number of benzene rings is 1. The van der Waals surface area contributed by atoms with Crippen molar-refractivity contribution >= 4 is 17.4 Å². The Labute approximate surface area is 166 Å². The number of nitrogens with one attached hydrogen (secondary N) is 1. The lowest BCUT2D eigenvalue weighted by atomic mass is 10.0. The van der Waals surface area contributed by atoms with E-state index in [4.69, 9.17) is 0 Å². The lowest BCUT2D eigenvalue weighted by Gasteiger charge is -2.06. The van der Waals surface area contributed by atoms with Crippen molar-refractivity contribution in [2.24, 2.45) is 0 Å². The topological polar surface area (TPSA) is 46.2 Å². The summed E-state index contributed by atoms with van der Waals surface area (Å²) in [6.45, 7) is 3.81. The molecule has 3 heteroatoms. The molecule has 3 nitrogen and oxygen atoms in total. The van der Waals surface area contributed by atoms with Gasteiger partial charge in [0.05, 0.1) is 0 Å². The number of hydrogen-bond acceptors (Lipinski definition) is 2. The third-order valence-electron chi connectivity index (χ3n) is 5.08. The van der Waals surface area contributed by atoms with E-state index in [1.165, 1.54) is 70.6 Å². The third-order valence-corrected chi connectivity index (χ3v) is 5.08. The molecule has 0 radical (unpaired) electrons. The average Bonchev–Trinajstić information content (AvgIpc) is 2.66. The van der Waals surface area contributed by atoms with Gasteiger partial charge in [0.1, 0.15) is 0 Å². The molecule has 0 saturated carbocycles. The molecule has 0 aliphatic carbocycles. The van der Waals surface area contributed by atoms with Crippen LogP contribution in [-0.4, -0.2) is 11.7 Å². The van der Waals surface area contributed by atoms with E-state index in [0.29, 0.717) is 12.0 Å². The average molecular weight is 374 g/mol. The Kier molecular flexibility index (Phi) is 13.4. The Balaban J connectivity index is 1.93. The highest BCUT2D eigenvalue weighted by Gasteiger charge is 2.04. The molecule has 1 N–H and O–H groups in total. The van der Waals surface area contributed by atoms with E-state index in [1.54, 1.807) is 31.2 Å². The highest BCUT2D eigenvalue weighted by Crippen LogP contribution is 2.14. The van der Waals surface area contributed by atoms with Crippen LogP contribution in [0.15, 0.2) is 24.3 Å². The molecule has 0 aromatic heterocycles. The predicted octanol–water partition coefficient (Wildman–Crippen LogP) is 7.31. The summed E-state index contributed by atoms with van der Waals surface area (Å²) in [6, 6.07) is 7.09. The second kappa shape index (κ2) is 15.4. The lowest BCUT2D eigenvalue weighted by molar-refractivity contribution is -0.116. The summed E-state index contributed by atoms with van der Waals surface area (Å²) < 4.78 is 0. The van der Waals surface area contributed by atoms with Crippen molar-refractivity contribution in [2.45, 2.75) is 104 Å². The molecular weight excluding hydrogens is 334 g/mol. The van der Waals surface area contributed by atoms with Gasteiger partial charge in [-0.05, 0) is 37.6 Å². The Hall–Kier alpha value is -1.64. The first-order chi connectivity index (χ1) is 13.1. The van der Waals surface area contributed by atoms with Gasteiger partial charge in [-0.2, -0.15) is 0 Å². The second-order valence-corrected chi connectivity index (χ2v) is 7.67. The minimum atomic E-state index is 0.0415. The summed E-state index contributed by atoms with van der Waals surface area (Å²) in [5.41, 5.74) is 1.43. The number of Topliss-reactive ketones (excluding diaryl/α,β-unsaturated/α-hetero) is 1. The van der Waals surface area contributed by atoms with E-state index in [0.717, 1.165) is 18.5 Å². The predicted molar refractivity (Wildman–Crippen MR) is 115 cm³/mol. The molecule has 0 atom stereocenters. The highest BCUT2D eigenvalue weighted by molar-refractivity contribution is 5.95. The van der Waals surface area contributed by atoms with Gasteiger partial charge in [0, 0.05) is 17.7 Å². The van der Waals surface area contributed by atoms with Crippen LogP contribution in [0.3, 0.4) is 0 Å². The molecule has 1 rings (SSSR count). The minimum absolute atomic E-state index is 0.0415. The fourth-order valence-corrected chi connectivity index (χ4v) is 3.32. The number of ketones is 1. The molecule has 1 aromatic carbocycles. The number of carbonyl (C=O) groups is 2. The van der Waals surface area contributed by atoms with Crippen LogP contribution in [0.1, 0.15) is 114 Å². The maximum atomic E-state index is 12.0. The molecule has 0 aliphatic heterocycles. The van der Waals surface area contributed by atoms with Gasteiger partial charge < -0.3 is 5.32 Å². The molecular formula is C24H39NO2. The number of rotatable bonds is 16. The van der Waals surface area contributed by atoms with Crippen LogP contribution in [0.2, 0.25) is 0 Å². The second-order valence-electron chi connectivity index (χ2n) is 7.67. The number of amides is 1. The molecule has 27 heavy (non-hydrogen) atoms. The molecule has 0 bridgehead atoms. The fraction of sp³-hybridized carbons (Fsp3) is 0.667. The van der Waals surface area contributed by atoms with Crippen molar-refractivity contribution in [3.63, 3.8) is 0 Å². The molecule has 1 amide bonds. The third kappa shape index (κ3) is 12.4. The summed E-state index contributed by atoms with van der Waals surface area (Å²) in [7, 11) is 0. The van der Waals surface area contributed by atoms with Crippen LogP contribution in [0.25, 0.3) is 0 Å². The molecule has 0 fully saturated rings. The molecule has 1 aromatic rings. The van der Waals surface area contributed by atoms with E-state index in [2.05, 4.69) is 12.2 Å². The van der Waals surface area contributed by atoms with E-state index in [9.17, 15) is 9.59 Å². The molecule has 0 saturated heterocycles. The number of hydrogen-bond donors (Lipinski definition) is 1. The molecule has 0 heterocycles. The quantitative estimate of drug-likeness (QED) is 0.244. The summed E-state index contributed by atoms with van der Waals surface area (Å²) in [4.78, 5) is 23.2. The van der Waals surface area contributed by atoms with E-state index >= 15 is 0 Å². The smallest absolute Gasteiger partial charge is 0.224 e. The Morgan fingerprint density at radius 3 is 1.59 bits per heavy atom. The van der Waals surface area contributed by atoms with E-state index in [1.807, 2.05) is 0 Å². The fourth-order valence-electron chi connectivity index (χ4n) is 3.32. The van der Waals surface area contributed by atoms with Crippen LogP contribution in [0.5, 0.6) is 0 Å². The minimum Gasteiger partial charge on any atom is -0.326 e. The molecule has 152 valence electrons. The van der Waals surface area contributed by atoms with Gasteiger partial charge in [0.25, 0.3) is 0 Å². The molecule has 0 unspecified atom stereocenters. The Bertz CT molecular complexity index is 522. The summed E-state index contributed by atoms with van der Waals surface area (Å²) in [5, 5.41) is 2.90. The zero-order valence-corrected chi connectivity index (χ0v) is 17.5. The van der Waals surface area contributed by atoms with E-state index < -0.39 is 0 Å². The zero-order valence-electron chi connectivity index (χ0n) is 17.5. The van der Waals surface area contributed by atoms with Crippen LogP contribution in [0.4, 0.5) is 5.69 Å². The maximum Gasteiger partial charge on any atom is 0.224 e. The first kappa shape index (κ1) is 23.4. The standard InChI is InChI=1S/C24H39NO2/c1-3-4-5-6-7-8-9-10-11-12-13-14-15-16-24(27)25-23-19-17-22(18-20-23)21(2)26/h17-20H,3-16H2,1-2H3,(H,25,27). The first-order valence-electron chi connectivity index (χ1n) is 11.0. The Morgan fingerprint density at radius 1 is 0.704 bits per heavy atom. The first-order valence-corrected chi connectivity index (χ1v) is 11.0. The number of unbranched alkanes of at least 4 members (excludes halogenated alkanes) is 12. The van der Waals surface area contributed by atoms with Gasteiger partial charge >= 0.3 is 0 Å². The largest absolute Gasteiger partial charge is 0.326 e. The highest BCUT2D eigenvalue weighted by atomic mass is 16.1. The van der Waals surface area contributed by atoms with Crippen molar-refractivity contribution < 1.29 is 9.59 Å². The summed E-state index contributed by atoms with van der Waals surface area (Å²) in [5.74, 6) is 0.105. The summed E-state index contributed by atoms with van der Waals surface area (Å²) in [6.07, 6.45) is 17.6. The Morgan fingerprint density at radius 2 is 1.15 bits per heavy atom. The van der Waals surface area contributed by atoms with Crippen LogP contribution < -0.4 is 5.32 Å². The van der Waals surface area contributed by atoms with Crippen LogP contribution >= 0.6 is 0 Å². The van der Waals surface area contributed by atoms with Gasteiger partial charge in [-0.15, -0.1) is 0 Å². The summed E-state index contributed by atoms with van der Waals surface area (Å²) >= 11 is 0. The van der Waals surface area contributed by atoms with Crippen molar-refractivity contribution in [3.8, 4) is 0 Å². The monoisotopic (exact) mass is 373 g/mol. The number of anilines is 1. The van der Waals surface area contributed by atoms with Gasteiger partial charge in [0.2, 0.25) is 5.91 Å². The SMILES string of the molecule is CCCCCCCCCCCCCCCC(=O)Nc1ccc(C(C)=O)cc1. The maximum absolute atomic E-state index is 12.0. The molecule has 0 spiro atoms. The van der Waals surface area contributed by atoms with Crippen molar-refractivity contribution in [3.05, 3.63) is 29.8 Å². The van der Waals surface area contributed by atoms with Gasteiger partial charge in [-0.3, -0.25) is 9.59 Å². The number of carbonyl (C=O) groups excluding carboxylic acids is 2. The van der Waals surface area contributed by atoms with Crippen molar-refractivity contribution in [1.82, 2.24) is 0 Å². The van der Waals surface area contributed by atoms with Crippen LogP contribution in [-0.2, 0) is 4.79 Å². The van der Waals surface area contributed by atoms with Crippen molar-refractivity contribution in [2.75, 3.05) is 5.32 Å². The van der Waals surface area contributed by atoms with Gasteiger partial charge in [-0.1, -0.05) is 84.0 Å².